The highest BCUT2D eigenvalue weighted by atomic mass is 32.2. The Morgan fingerprint density at radius 2 is 1.45 bits per heavy atom. The van der Waals surface area contributed by atoms with Gasteiger partial charge in [0.1, 0.15) is 9.83 Å². The molecule has 0 aliphatic rings. The molecule has 2 aromatic carbocycles. The molecule has 0 radical (unpaired) electrons. The van der Waals surface area contributed by atoms with E-state index in [1.807, 2.05) is 0 Å². The highest BCUT2D eigenvalue weighted by Crippen LogP contribution is 2.46. The third-order valence-electron chi connectivity index (χ3n) is 4.07. The molecule has 2 aromatic rings. The van der Waals surface area contributed by atoms with Gasteiger partial charge < -0.3 is 9.47 Å². The van der Waals surface area contributed by atoms with Crippen LogP contribution in [0.25, 0.3) is 0 Å². The maximum atomic E-state index is 13.4. The van der Waals surface area contributed by atoms with Crippen LogP contribution in [0.3, 0.4) is 0 Å². The van der Waals surface area contributed by atoms with Gasteiger partial charge in [0.2, 0.25) is 0 Å². The quantitative estimate of drug-likeness (QED) is 0.332. The lowest BCUT2D eigenvalue weighted by molar-refractivity contribution is -0.163. The number of carbonyl (C=O) groups excluding carboxylic acids is 1. The zero-order chi connectivity index (χ0) is 22.0. The molecular weight excluding hydrogens is 421 g/mol. The van der Waals surface area contributed by atoms with E-state index in [9.17, 15) is 18.0 Å². The average molecular weight is 445 g/mol. The van der Waals surface area contributed by atoms with Crippen molar-refractivity contribution in [2.45, 2.75) is 49.7 Å². The Labute approximate surface area is 179 Å². The van der Waals surface area contributed by atoms with Crippen LogP contribution in [-0.4, -0.2) is 17.7 Å². The van der Waals surface area contributed by atoms with Gasteiger partial charge in [0.05, 0.1) is 11.7 Å². The van der Waals surface area contributed by atoms with Crippen molar-refractivity contribution in [1.29, 1.82) is 0 Å². The Morgan fingerprint density at radius 1 is 0.931 bits per heavy atom. The summed E-state index contributed by atoms with van der Waals surface area (Å²) in [4.78, 5) is 12.1. The van der Waals surface area contributed by atoms with Crippen molar-refractivity contribution < 1.29 is 27.4 Å². The summed E-state index contributed by atoms with van der Waals surface area (Å²) in [6.07, 6.45) is -4.81. The average Bonchev–Trinajstić information content (AvgIpc) is 2.60. The van der Waals surface area contributed by atoms with Gasteiger partial charge >= 0.3 is 12.1 Å². The molecule has 0 amide bonds. The molecule has 158 valence electrons. The molecule has 0 saturated carbocycles. The number of hydrogen-bond donors (Lipinski definition) is 2. The maximum Gasteiger partial charge on any atom is 0.416 e. The lowest BCUT2D eigenvalue weighted by Crippen LogP contribution is -2.40. The van der Waals surface area contributed by atoms with Gasteiger partial charge in [-0.25, -0.2) is 4.79 Å². The first kappa shape index (κ1) is 23.5. The molecule has 0 spiro atoms. The highest BCUT2D eigenvalue weighted by Gasteiger charge is 2.39. The third-order valence-corrected chi connectivity index (χ3v) is 5.07. The van der Waals surface area contributed by atoms with Crippen molar-refractivity contribution in [3.8, 4) is 5.75 Å². The Kier molecular flexibility index (Phi) is 6.89. The van der Waals surface area contributed by atoms with Crippen LogP contribution >= 0.6 is 25.3 Å². The molecule has 0 atom stereocenters. The summed E-state index contributed by atoms with van der Waals surface area (Å²) in [5.41, 5.74) is -1.68. The highest BCUT2D eigenvalue weighted by molar-refractivity contribution is 8.00. The van der Waals surface area contributed by atoms with Gasteiger partial charge in [-0.05, 0) is 57.0 Å². The predicted octanol–water partition coefficient (Wildman–Crippen LogP) is 5.88. The molecule has 0 aliphatic heterocycles. The molecule has 0 bridgehead atoms. The summed E-state index contributed by atoms with van der Waals surface area (Å²) in [7, 11) is 0. The molecular formula is C21H23F3O3S2. The zero-order valence-corrected chi connectivity index (χ0v) is 18.2. The largest absolute Gasteiger partial charge is 0.476 e. The van der Waals surface area contributed by atoms with E-state index in [4.69, 9.17) is 9.47 Å². The summed E-state index contributed by atoms with van der Waals surface area (Å²) in [6, 6.07) is 11.4. The van der Waals surface area contributed by atoms with E-state index < -0.39 is 27.4 Å². The lowest BCUT2D eigenvalue weighted by Gasteiger charge is -2.28. The summed E-state index contributed by atoms with van der Waals surface area (Å²) >= 11 is 8.81. The SMILES string of the molecule is CC(C)OC(=O)C(C)(C)Oc1ccc(C(S)(S)c2ccccc2C(F)(F)F)cc1. The summed E-state index contributed by atoms with van der Waals surface area (Å²) in [5, 5.41) is 0. The van der Waals surface area contributed by atoms with Gasteiger partial charge in [-0.15, -0.1) is 0 Å². The lowest BCUT2D eigenvalue weighted by atomic mass is 9.98. The number of carbonyl (C=O) groups is 1. The van der Waals surface area contributed by atoms with Crippen molar-refractivity contribution in [3.05, 3.63) is 65.2 Å². The number of alkyl halides is 3. The molecule has 0 aliphatic carbocycles. The number of thiol groups is 2. The predicted molar refractivity (Wildman–Crippen MR) is 113 cm³/mol. The number of halogens is 3. The second kappa shape index (κ2) is 8.52. The minimum atomic E-state index is -4.53. The summed E-state index contributed by atoms with van der Waals surface area (Å²) < 4.78 is 49.5. The van der Waals surface area contributed by atoms with E-state index in [-0.39, 0.29) is 11.7 Å². The maximum absolute atomic E-state index is 13.4. The topological polar surface area (TPSA) is 35.5 Å². The molecule has 29 heavy (non-hydrogen) atoms. The second-order valence-electron chi connectivity index (χ2n) is 7.31. The normalized spacial score (nSPS) is 12.8. The number of ether oxygens (including phenoxy) is 2. The van der Waals surface area contributed by atoms with Gasteiger partial charge in [0.25, 0.3) is 0 Å². The monoisotopic (exact) mass is 444 g/mol. The number of esters is 1. The minimum absolute atomic E-state index is 0.0753. The van der Waals surface area contributed by atoms with Crippen LogP contribution in [0.4, 0.5) is 13.2 Å². The van der Waals surface area contributed by atoms with Crippen LogP contribution < -0.4 is 4.74 Å². The Bertz CT molecular complexity index is 860. The standard InChI is InChI=1S/C21H23F3O3S2/c1-13(2)26-18(25)19(3,4)27-15-11-9-14(10-12-15)20(28,29)16-7-5-6-8-17(16)21(22,23)24/h5-13,28-29H,1-4H3. The smallest absolute Gasteiger partial charge is 0.416 e. The molecule has 8 heteroatoms. The van der Waals surface area contributed by atoms with Crippen LogP contribution in [-0.2, 0) is 19.8 Å². The van der Waals surface area contributed by atoms with Crippen molar-refractivity contribution in [2.75, 3.05) is 0 Å². The fourth-order valence-electron chi connectivity index (χ4n) is 2.64. The second-order valence-corrected chi connectivity index (χ2v) is 9.00. The first-order valence-corrected chi connectivity index (χ1v) is 9.76. The molecule has 2 rings (SSSR count). The molecule has 0 fully saturated rings. The number of benzene rings is 2. The van der Waals surface area contributed by atoms with Crippen molar-refractivity contribution >= 4 is 31.2 Å². The first-order chi connectivity index (χ1) is 13.2. The van der Waals surface area contributed by atoms with E-state index in [0.29, 0.717) is 11.3 Å². The van der Waals surface area contributed by atoms with Crippen LogP contribution in [0.15, 0.2) is 48.5 Å². The van der Waals surface area contributed by atoms with E-state index in [2.05, 4.69) is 25.3 Å². The number of hydrogen-bond acceptors (Lipinski definition) is 5. The van der Waals surface area contributed by atoms with E-state index in [1.165, 1.54) is 18.2 Å². The Balaban J connectivity index is 2.30. The van der Waals surface area contributed by atoms with Crippen LogP contribution in [0.5, 0.6) is 5.75 Å². The molecule has 3 nitrogen and oxygen atoms in total. The number of rotatable bonds is 6. The van der Waals surface area contributed by atoms with Gasteiger partial charge in [-0.2, -0.15) is 38.4 Å². The van der Waals surface area contributed by atoms with Crippen molar-refractivity contribution in [1.82, 2.24) is 0 Å². The van der Waals surface area contributed by atoms with E-state index in [1.54, 1.807) is 52.0 Å². The first-order valence-electron chi connectivity index (χ1n) is 8.87. The van der Waals surface area contributed by atoms with Crippen molar-refractivity contribution in [3.63, 3.8) is 0 Å². The van der Waals surface area contributed by atoms with Gasteiger partial charge in [-0.3, -0.25) is 0 Å². The summed E-state index contributed by atoms with van der Waals surface area (Å²) in [5.74, 6) is -0.158. The summed E-state index contributed by atoms with van der Waals surface area (Å²) in [6.45, 7) is 6.63. The van der Waals surface area contributed by atoms with Crippen LogP contribution in [0.1, 0.15) is 44.4 Å². The molecule has 0 N–H and O–H groups in total. The van der Waals surface area contributed by atoms with E-state index >= 15 is 0 Å². The van der Waals surface area contributed by atoms with Gasteiger partial charge in [0, 0.05) is 0 Å². The van der Waals surface area contributed by atoms with Gasteiger partial charge in [0.15, 0.2) is 5.60 Å². The molecule has 0 unspecified atom stereocenters. The zero-order valence-electron chi connectivity index (χ0n) is 16.4. The molecule has 0 saturated heterocycles. The Hall–Kier alpha value is -1.80. The fraction of sp³-hybridized carbons (Fsp3) is 0.381. The van der Waals surface area contributed by atoms with E-state index in [0.717, 1.165) is 6.07 Å². The van der Waals surface area contributed by atoms with Crippen LogP contribution in [0, 0.1) is 0 Å². The molecule has 0 heterocycles. The van der Waals surface area contributed by atoms with Gasteiger partial charge in [-0.1, -0.05) is 30.3 Å². The minimum Gasteiger partial charge on any atom is -0.476 e. The molecule has 0 aromatic heterocycles. The Morgan fingerprint density at radius 3 is 1.93 bits per heavy atom. The fourth-order valence-corrected chi connectivity index (χ4v) is 3.33. The van der Waals surface area contributed by atoms with Crippen molar-refractivity contribution in [2.24, 2.45) is 0 Å². The third kappa shape index (κ3) is 5.63. The van der Waals surface area contributed by atoms with Crippen LogP contribution in [0.2, 0.25) is 0 Å².